The molecule has 0 radical (unpaired) electrons. The van der Waals surface area contributed by atoms with Crippen LogP contribution in [0.15, 0.2) is 24.3 Å². The van der Waals surface area contributed by atoms with Gasteiger partial charge in [-0.25, -0.2) is 10.5 Å². The lowest BCUT2D eigenvalue weighted by atomic mass is 9.84. The molecule has 0 saturated carbocycles. The number of imidazole rings is 1. The van der Waals surface area contributed by atoms with Crippen LogP contribution in [0.25, 0.3) is 17.1 Å². The summed E-state index contributed by atoms with van der Waals surface area (Å²) < 4.78 is 2.32. The van der Waals surface area contributed by atoms with E-state index in [1.165, 1.54) is 6.08 Å². The van der Waals surface area contributed by atoms with E-state index < -0.39 is 5.91 Å². The Morgan fingerprint density at radius 2 is 2.00 bits per heavy atom. The van der Waals surface area contributed by atoms with Crippen molar-refractivity contribution in [2.24, 2.45) is 11.3 Å². The minimum Gasteiger partial charge on any atom is -0.327 e. The summed E-state index contributed by atoms with van der Waals surface area (Å²) in [5.74, 6) is 1.10. The first kappa shape index (κ1) is 23.1. The van der Waals surface area contributed by atoms with E-state index in [2.05, 4.69) is 57.5 Å². The third-order valence-electron chi connectivity index (χ3n) is 4.77. The summed E-state index contributed by atoms with van der Waals surface area (Å²) in [6.07, 6.45) is 5.06. The number of benzene rings is 1. The molecule has 0 aliphatic heterocycles. The number of hydrogen-bond acceptors (Lipinski definition) is 4. The normalized spacial score (nSPS) is 13.5. The predicted molar refractivity (Wildman–Crippen MR) is 119 cm³/mol. The molecule has 6 nitrogen and oxygen atoms in total. The lowest BCUT2D eigenvalue weighted by Gasteiger charge is -2.23. The Morgan fingerprint density at radius 3 is 2.62 bits per heavy atom. The zero-order chi connectivity index (χ0) is 21.6. The minimum absolute atomic E-state index is 0.292. The maximum atomic E-state index is 11.2. The van der Waals surface area contributed by atoms with E-state index in [0.717, 1.165) is 48.4 Å². The summed E-state index contributed by atoms with van der Waals surface area (Å²) in [5, 5.41) is 12.1. The molecule has 1 aromatic heterocycles. The molecule has 1 heterocycles. The Morgan fingerprint density at radius 1 is 1.28 bits per heavy atom. The van der Waals surface area contributed by atoms with Gasteiger partial charge in [-0.15, -0.1) is 0 Å². The monoisotopic (exact) mass is 400 g/mol. The maximum Gasteiger partial charge on any atom is 0.267 e. The van der Waals surface area contributed by atoms with Crippen LogP contribution in [0.1, 0.15) is 59.4 Å². The first-order chi connectivity index (χ1) is 13.6. The van der Waals surface area contributed by atoms with Gasteiger partial charge in [0, 0.05) is 31.6 Å². The number of nitrogens with one attached hydrogen (secondary N) is 2. The van der Waals surface area contributed by atoms with Crippen LogP contribution in [-0.4, -0.2) is 33.3 Å². The van der Waals surface area contributed by atoms with E-state index in [1.54, 1.807) is 11.6 Å². The van der Waals surface area contributed by atoms with Crippen LogP contribution in [-0.2, 0) is 17.8 Å². The predicted octanol–water partition coefficient (Wildman–Crippen LogP) is 4.17. The summed E-state index contributed by atoms with van der Waals surface area (Å²) >= 11 is 0. The first-order valence-corrected chi connectivity index (χ1v) is 10.4. The van der Waals surface area contributed by atoms with Gasteiger partial charge in [-0.05, 0) is 41.5 Å². The molecule has 1 aromatic carbocycles. The van der Waals surface area contributed by atoms with Crippen molar-refractivity contribution < 1.29 is 10.0 Å². The first-order valence-electron chi connectivity index (χ1n) is 10.4. The second kappa shape index (κ2) is 10.0. The zero-order valence-electron chi connectivity index (χ0n) is 18.6. The van der Waals surface area contributed by atoms with Gasteiger partial charge >= 0.3 is 0 Å². The van der Waals surface area contributed by atoms with Crippen LogP contribution >= 0.6 is 0 Å². The van der Waals surface area contributed by atoms with Gasteiger partial charge in [0.2, 0.25) is 0 Å². The van der Waals surface area contributed by atoms with Crippen LogP contribution in [0.2, 0.25) is 0 Å². The molecule has 3 N–H and O–H groups in total. The Balaban J connectivity index is 2.32. The summed E-state index contributed by atoms with van der Waals surface area (Å²) in [5.41, 5.74) is 4.81. The van der Waals surface area contributed by atoms with Crippen molar-refractivity contribution >= 4 is 23.0 Å². The summed E-state index contributed by atoms with van der Waals surface area (Å²) in [7, 11) is 0. The minimum atomic E-state index is -0.549. The Labute approximate surface area is 174 Å². The largest absolute Gasteiger partial charge is 0.327 e. The van der Waals surface area contributed by atoms with E-state index >= 15 is 0 Å². The topological polar surface area (TPSA) is 79.2 Å². The molecule has 6 heteroatoms. The fraction of sp³-hybridized carbons (Fsp3) is 0.565. The smallest absolute Gasteiger partial charge is 0.267 e. The fourth-order valence-corrected chi connectivity index (χ4v) is 3.81. The van der Waals surface area contributed by atoms with Crippen molar-refractivity contribution in [2.75, 3.05) is 6.54 Å². The summed E-state index contributed by atoms with van der Waals surface area (Å²) in [6, 6.07) is 6.47. The van der Waals surface area contributed by atoms with Crippen LogP contribution in [0.3, 0.4) is 0 Å². The van der Waals surface area contributed by atoms with Crippen molar-refractivity contribution in [1.29, 1.82) is 0 Å². The van der Waals surface area contributed by atoms with Gasteiger partial charge in [0.1, 0.15) is 5.82 Å². The van der Waals surface area contributed by atoms with Crippen LogP contribution in [0, 0.1) is 11.3 Å². The molecule has 0 bridgehead atoms. The third kappa shape index (κ3) is 7.29. The number of carbonyl (C=O) groups excluding carboxylic acids is 1. The number of rotatable bonds is 9. The van der Waals surface area contributed by atoms with Crippen molar-refractivity contribution in [2.45, 2.75) is 67.0 Å². The van der Waals surface area contributed by atoms with Crippen molar-refractivity contribution in [3.63, 3.8) is 0 Å². The van der Waals surface area contributed by atoms with Crippen LogP contribution in [0.5, 0.6) is 0 Å². The van der Waals surface area contributed by atoms with Gasteiger partial charge in [-0.1, -0.05) is 47.6 Å². The molecule has 29 heavy (non-hydrogen) atoms. The van der Waals surface area contributed by atoms with E-state index in [1.807, 2.05) is 12.1 Å². The highest BCUT2D eigenvalue weighted by Crippen LogP contribution is 2.27. The van der Waals surface area contributed by atoms with E-state index in [9.17, 15) is 4.79 Å². The summed E-state index contributed by atoms with van der Waals surface area (Å²) in [4.78, 5) is 16.2. The molecule has 0 aliphatic rings. The van der Waals surface area contributed by atoms with E-state index in [0.29, 0.717) is 17.4 Å². The highest BCUT2D eigenvalue weighted by Gasteiger charge is 2.19. The second-order valence-corrected chi connectivity index (χ2v) is 9.42. The van der Waals surface area contributed by atoms with Crippen molar-refractivity contribution in [1.82, 2.24) is 20.3 Å². The molecule has 1 amide bonds. The van der Waals surface area contributed by atoms with Crippen molar-refractivity contribution in [3.05, 3.63) is 35.7 Å². The molecular weight excluding hydrogens is 364 g/mol. The number of carbonyl (C=O) groups is 1. The molecule has 1 atom stereocenters. The zero-order valence-corrected chi connectivity index (χ0v) is 18.6. The lowest BCUT2D eigenvalue weighted by Crippen LogP contribution is -2.27. The maximum absolute atomic E-state index is 11.2. The molecule has 0 fully saturated rings. The standard InChI is InChI=1S/C23H36N4O2/c1-16(2)24-11-12-27-20-9-7-18(8-10-22(28)26-29)14-19(20)25-21(27)13-17(3)15-23(4,5)6/h7-10,14,16-17,24,29H,11-13,15H2,1-6H3,(H,26,28)/b10-8+. The van der Waals surface area contributed by atoms with Gasteiger partial charge in [-0.3, -0.25) is 10.0 Å². The number of fused-ring (bicyclic) bond motifs is 1. The van der Waals surface area contributed by atoms with E-state index in [-0.39, 0.29) is 0 Å². The quantitative estimate of drug-likeness (QED) is 0.335. The highest BCUT2D eigenvalue weighted by molar-refractivity contribution is 5.91. The number of amides is 1. The average Bonchev–Trinajstić information content (AvgIpc) is 2.94. The number of hydroxylamine groups is 1. The summed E-state index contributed by atoms with van der Waals surface area (Å²) in [6.45, 7) is 15.2. The molecule has 2 rings (SSSR count). The number of aromatic nitrogens is 2. The average molecular weight is 401 g/mol. The molecule has 0 spiro atoms. The lowest BCUT2D eigenvalue weighted by molar-refractivity contribution is -0.124. The third-order valence-corrected chi connectivity index (χ3v) is 4.77. The Kier molecular flexibility index (Phi) is 7.99. The van der Waals surface area contributed by atoms with Crippen molar-refractivity contribution in [3.8, 4) is 0 Å². The number of nitrogens with zero attached hydrogens (tertiary/aromatic N) is 2. The van der Waals surface area contributed by atoms with E-state index in [4.69, 9.17) is 10.2 Å². The van der Waals surface area contributed by atoms with Crippen LogP contribution in [0.4, 0.5) is 0 Å². The second-order valence-electron chi connectivity index (χ2n) is 9.42. The molecular formula is C23H36N4O2. The molecule has 1 unspecified atom stereocenters. The van der Waals surface area contributed by atoms with Gasteiger partial charge in [0.25, 0.3) is 5.91 Å². The van der Waals surface area contributed by atoms with Gasteiger partial charge in [-0.2, -0.15) is 0 Å². The van der Waals surface area contributed by atoms with Crippen LogP contribution < -0.4 is 10.8 Å². The Hall–Kier alpha value is -2.18. The molecule has 160 valence electrons. The van der Waals surface area contributed by atoms with Gasteiger partial charge in [0.15, 0.2) is 0 Å². The fourth-order valence-electron chi connectivity index (χ4n) is 3.81. The molecule has 0 aliphatic carbocycles. The van der Waals surface area contributed by atoms with Gasteiger partial charge < -0.3 is 9.88 Å². The molecule has 2 aromatic rings. The number of hydrogen-bond donors (Lipinski definition) is 3. The highest BCUT2D eigenvalue weighted by atomic mass is 16.5. The Bertz CT molecular complexity index is 846. The molecule has 0 saturated heterocycles. The SMILES string of the molecule is CC(Cc1nc2cc(/C=C/C(=O)NO)ccc2n1CCNC(C)C)CC(C)(C)C. The van der Waals surface area contributed by atoms with Gasteiger partial charge in [0.05, 0.1) is 11.0 Å².